The second-order valence-electron chi connectivity index (χ2n) is 4.35. The van der Waals surface area contributed by atoms with Crippen molar-refractivity contribution >= 4 is 45.4 Å². The predicted octanol–water partition coefficient (Wildman–Crippen LogP) is 4.63. The lowest BCUT2D eigenvalue weighted by Crippen LogP contribution is -1.79. The van der Waals surface area contributed by atoms with Gasteiger partial charge in [-0.15, -0.1) is 0 Å². The maximum Gasteiger partial charge on any atom is 0.238 e. The number of phenols is 2. The summed E-state index contributed by atoms with van der Waals surface area (Å²) in [5.41, 5.74) is 1.85. The van der Waals surface area contributed by atoms with Crippen LogP contribution in [0, 0.1) is 0 Å². The van der Waals surface area contributed by atoms with E-state index in [1.54, 1.807) is 6.07 Å². The first-order valence-corrected chi connectivity index (χ1v) is 6.75. The van der Waals surface area contributed by atoms with Crippen molar-refractivity contribution in [3.8, 4) is 11.5 Å². The fourth-order valence-corrected chi connectivity index (χ4v) is 2.30. The van der Waals surface area contributed by atoms with Gasteiger partial charge in [0.25, 0.3) is 0 Å². The van der Waals surface area contributed by atoms with Gasteiger partial charge in [0.2, 0.25) is 5.89 Å². The van der Waals surface area contributed by atoms with Crippen LogP contribution in [0.25, 0.3) is 22.2 Å². The van der Waals surface area contributed by atoms with E-state index in [4.69, 9.17) is 27.6 Å². The largest absolute Gasteiger partial charge is 0.504 e. The first kappa shape index (κ1) is 13.8. The second-order valence-corrected chi connectivity index (χ2v) is 5.16. The molecule has 6 heteroatoms. The van der Waals surface area contributed by atoms with E-state index in [0.29, 0.717) is 16.7 Å². The summed E-state index contributed by atoms with van der Waals surface area (Å²) in [6, 6.07) is 10.1. The number of fused-ring (bicyclic) bond motifs is 1. The summed E-state index contributed by atoms with van der Waals surface area (Å²) >= 11 is 12.0. The molecule has 21 heavy (non-hydrogen) atoms. The van der Waals surface area contributed by atoms with E-state index >= 15 is 0 Å². The molecule has 0 fully saturated rings. The number of para-hydroxylation sites is 2. The molecule has 0 bridgehead atoms. The molecule has 0 amide bonds. The Kier molecular flexibility index (Phi) is 3.49. The molecule has 1 aromatic heterocycles. The molecule has 0 saturated carbocycles. The van der Waals surface area contributed by atoms with Crippen LogP contribution in [-0.4, -0.2) is 15.2 Å². The predicted molar refractivity (Wildman–Crippen MR) is 82.5 cm³/mol. The highest BCUT2D eigenvalue weighted by atomic mass is 35.5. The van der Waals surface area contributed by atoms with Gasteiger partial charge in [0.05, 0.1) is 5.02 Å². The van der Waals surface area contributed by atoms with Crippen LogP contribution >= 0.6 is 23.2 Å². The summed E-state index contributed by atoms with van der Waals surface area (Å²) in [5.74, 6) is -0.427. The Labute approximate surface area is 129 Å². The first-order chi connectivity index (χ1) is 10.0. The Morgan fingerprint density at radius 3 is 2.67 bits per heavy atom. The van der Waals surface area contributed by atoms with Crippen LogP contribution in [0.3, 0.4) is 0 Å². The minimum Gasteiger partial charge on any atom is -0.504 e. The van der Waals surface area contributed by atoms with E-state index in [0.717, 1.165) is 0 Å². The van der Waals surface area contributed by atoms with Gasteiger partial charge in [-0.2, -0.15) is 0 Å². The molecule has 2 N–H and O–H groups in total. The van der Waals surface area contributed by atoms with Crippen molar-refractivity contribution in [1.29, 1.82) is 0 Å². The summed E-state index contributed by atoms with van der Waals surface area (Å²) in [7, 11) is 0. The molecular weight excluding hydrogens is 313 g/mol. The van der Waals surface area contributed by atoms with E-state index in [-0.39, 0.29) is 27.4 Å². The minimum absolute atomic E-state index is 0.0308. The van der Waals surface area contributed by atoms with Gasteiger partial charge < -0.3 is 14.6 Å². The number of aromatic hydroxyl groups is 2. The molecule has 2 aromatic carbocycles. The molecule has 3 aromatic rings. The van der Waals surface area contributed by atoms with E-state index in [2.05, 4.69) is 4.98 Å². The number of oxazole rings is 1. The number of rotatable bonds is 2. The van der Waals surface area contributed by atoms with Crippen molar-refractivity contribution in [3.63, 3.8) is 0 Å². The van der Waals surface area contributed by atoms with Crippen LogP contribution in [-0.2, 0) is 0 Å². The van der Waals surface area contributed by atoms with Crippen LogP contribution in [0.4, 0.5) is 0 Å². The van der Waals surface area contributed by atoms with Gasteiger partial charge >= 0.3 is 0 Å². The second kappa shape index (κ2) is 5.31. The normalized spacial score (nSPS) is 12.0. The number of nitrogens with zero attached hydrogens (tertiary/aromatic N) is 1. The summed E-state index contributed by atoms with van der Waals surface area (Å²) in [6.45, 7) is 0. The Hall–Kier alpha value is -2.17. The molecule has 0 saturated heterocycles. The third-order valence-corrected chi connectivity index (χ3v) is 3.42. The third kappa shape index (κ3) is 2.68. The van der Waals surface area contributed by atoms with E-state index in [1.807, 2.05) is 18.2 Å². The van der Waals surface area contributed by atoms with E-state index in [1.165, 1.54) is 18.2 Å². The average Bonchev–Trinajstić information content (AvgIpc) is 2.88. The Bertz CT molecular complexity index is 799. The maximum atomic E-state index is 9.53. The van der Waals surface area contributed by atoms with Crippen molar-refractivity contribution in [3.05, 3.63) is 52.9 Å². The molecule has 1 heterocycles. The zero-order valence-corrected chi connectivity index (χ0v) is 12.1. The van der Waals surface area contributed by atoms with Crippen LogP contribution in [0.2, 0.25) is 5.02 Å². The molecule has 0 aliphatic carbocycles. The van der Waals surface area contributed by atoms with Crippen molar-refractivity contribution in [2.75, 3.05) is 0 Å². The van der Waals surface area contributed by atoms with Crippen LogP contribution in [0.1, 0.15) is 11.5 Å². The zero-order valence-electron chi connectivity index (χ0n) is 10.5. The molecule has 106 valence electrons. The topological polar surface area (TPSA) is 66.5 Å². The molecule has 0 aliphatic rings. The number of aromatic nitrogens is 1. The molecule has 3 rings (SSSR count). The van der Waals surface area contributed by atoms with E-state index < -0.39 is 0 Å². The molecule has 0 radical (unpaired) electrons. The highest BCUT2D eigenvalue weighted by molar-refractivity contribution is 6.50. The lowest BCUT2D eigenvalue weighted by Gasteiger charge is -2.02. The van der Waals surface area contributed by atoms with Gasteiger partial charge in [-0.3, -0.25) is 0 Å². The number of hydrogen-bond donors (Lipinski definition) is 2. The van der Waals surface area contributed by atoms with Crippen molar-refractivity contribution in [2.45, 2.75) is 0 Å². The van der Waals surface area contributed by atoms with Gasteiger partial charge in [0.1, 0.15) is 10.5 Å². The van der Waals surface area contributed by atoms with Gasteiger partial charge in [0.15, 0.2) is 17.1 Å². The lowest BCUT2D eigenvalue weighted by molar-refractivity contribution is 0.404. The highest BCUT2D eigenvalue weighted by Crippen LogP contribution is 2.35. The van der Waals surface area contributed by atoms with Crippen LogP contribution < -0.4 is 0 Å². The molecule has 0 spiro atoms. The summed E-state index contributed by atoms with van der Waals surface area (Å²) in [5, 5.41) is 19.2. The fourth-order valence-electron chi connectivity index (χ4n) is 1.87. The van der Waals surface area contributed by atoms with Crippen molar-refractivity contribution < 1.29 is 14.6 Å². The SMILES string of the molecule is Oc1cc(/C=C(\Cl)c2nc3ccccc3o2)cc(Cl)c1O. The number of halogens is 2. The molecule has 0 atom stereocenters. The lowest BCUT2D eigenvalue weighted by atomic mass is 10.2. The molecule has 0 aliphatic heterocycles. The molecule has 4 nitrogen and oxygen atoms in total. The summed E-state index contributed by atoms with van der Waals surface area (Å²) < 4.78 is 5.53. The van der Waals surface area contributed by atoms with Gasteiger partial charge in [0, 0.05) is 0 Å². The monoisotopic (exact) mass is 321 g/mol. The van der Waals surface area contributed by atoms with Crippen LogP contribution in [0.5, 0.6) is 11.5 Å². The fraction of sp³-hybridized carbons (Fsp3) is 0. The van der Waals surface area contributed by atoms with Crippen LogP contribution in [0.15, 0.2) is 40.8 Å². The Morgan fingerprint density at radius 1 is 1.19 bits per heavy atom. The smallest absolute Gasteiger partial charge is 0.238 e. The molecule has 0 unspecified atom stereocenters. The third-order valence-electron chi connectivity index (χ3n) is 2.86. The zero-order chi connectivity index (χ0) is 15.0. The van der Waals surface area contributed by atoms with Crippen molar-refractivity contribution in [1.82, 2.24) is 4.98 Å². The molecular formula is C15H9Cl2NO3. The first-order valence-electron chi connectivity index (χ1n) is 5.99. The minimum atomic E-state index is -0.369. The average molecular weight is 322 g/mol. The van der Waals surface area contributed by atoms with E-state index in [9.17, 15) is 10.2 Å². The maximum absolute atomic E-state index is 9.53. The van der Waals surface area contributed by atoms with Gasteiger partial charge in [-0.25, -0.2) is 4.98 Å². The van der Waals surface area contributed by atoms with Crippen molar-refractivity contribution in [2.24, 2.45) is 0 Å². The number of phenolic OH excluding ortho intramolecular Hbond substituents is 2. The standard InChI is InChI=1S/C15H9Cl2NO3/c16-9-5-8(7-12(19)14(9)20)6-10(17)15-18-11-3-1-2-4-13(11)21-15/h1-7,19-20H/b10-6-. The van der Waals surface area contributed by atoms with Gasteiger partial charge in [-0.05, 0) is 35.9 Å². The quantitative estimate of drug-likeness (QED) is 0.675. The Balaban J connectivity index is 2.02. The summed E-state index contributed by atoms with van der Waals surface area (Å²) in [4.78, 5) is 4.26. The number of benzene rings is 2. The van der Waals surface area contributed by atoms with Gasteiger partial charge in [-0.1, -0.05) is 35.3 Å². The number of hydrogen-bond acceptors (Lipinski definition) is 4. The summed E-state index contributed by atoms with van der Waals surface area (Å²) in [6.07, 6.45) is 1.54. The Morgan fingerprint density at radius 2 is 1.95 bits per heavy atom. The highest BCUT2D eigenvalue weighted by Gasteiger charge is 2.11.